The lowest BCUT2D eigenvalue weighted by Gasteiger charge is -2.34. The van der Waals surface area contributed by atoms with Crippen molar-refractivity contribution in [2.45, 2.75) is 13.0 Å². The summed E-state index contributed by atoms with van der Waals surface area (Å²) in [4.78, 5) is 29.2. The molecule has 1 aromatic heterocycles. The van der Waals surface area contributed by atoms with Gasteiger partial charge in [-0.15, -0.1) is 0 Å². The summed E-state index contributed by atoms with van der Waals surface area (Å²) in [6, 6.07) is 2.90. The second-order valence-electron chi connectivity index (χ2n) is 4.31. The van der Waals surface area contributed by atoms with Crippen LogP contribution in [-0.4, -0.2) is 47.4 Å². The molecule has 3 N–H and O–H groups in total. The van der Waals surface area contributed by atoms with E-state index < -0.39 is 11.9 Å². The minimum absolute atomic E-state index is 0.201. The highest BCUT2D eigenvalue weighted by molar-refractivity contribution is 5.97. The maximum atomic E-state index is 12.3. The Morgan fingerprint density at radius 2 is 2.28 bits per heavy atom. The topological polar surface area (TPSA) is 88.3 Å². The van der Waals surface area contributed by atoms with E-state index >= 15 is 0 Å². The smallest absolute Gasteiger partial charge is 0.256 e. The molecule has 2 heterocycles. The molecule has 1 saturated heterocycles. The van der Waals surface area contributed by atoms with Crippen molar-refractivity contribution >= 4 is 11.8 Å². The molecule has 0 aliphatic carbocycles. The highest BCUT2D eigenvalue weighted by Gasteiger charge is 2.31. The van der Waals surface area contributed by atoms with Gasteiger partial charge in [0.1, 0.15) is 6.04 Å². The fourth-order valence-electron chi connectivity index (χ4n) is 1.96. The van der Waals surface area contributed by atoms with Crippen LogP contribution < -0.4 is 11.1 Å². The predicted molar refractivity (Wildman–Crippen MR) is 65.9 cm³/mol. The molecule has 2 amide bonds. The fraction of sp³-hybridized carbons (Fsp3) is 0.417. The van der Waals surface area contributed by atoms with Crippen molar-refractivity contribution in [3.63, 3.8) is 0 Å². The SMILES string of the molecule is Cc1ccc(C(=O)N2CCNC[C@H]2C(N)=O)cn1. The van der Waals surface area contributed by atoms with E-state index in [-0.39, 0.29) is 5.91 Å². The highest BCUT2D eigenvalue weighted by Crippen LogP contribution is 2.10. The van der Waals surface area contributed by atoms with Gasteiger partial charge in [-0.25, -0.2) is 0 Å². The number of primary amides is 1. The van der Waals surface area contributed by atoms with E-state index in [0.717, 1.165) is 5.69 Å². The molecule has 1 fully saturated rings. The van der Waals surface area contributed by atoms with Crippen molar-refractivity contribution in [1.82, 2.24) is 15.2 Å². The first kappa shape index (κ1) is 12.5. The lowest BCUT2D eigenvalue weighted by molar-refractivity contribution is -0.122. The number of carbonyl (C=O) groups excluding carboxylic acids is 2. The maximum Gasteiger partial charge on any atom is 0.256 e. The first-order chi connectivity index (χ1) is 8.59. The molecule has 1 atom stereocenters. The van der Waals surface area contributed by atoms with E-state index in [4.69, 9.17) is 5.73 Å². The molecule has 0 bridgehead atoms. The van der Waals surface area contributed by atoms with Crippen molar-refractivity contribution in [1.29, 1.82) is 0 Å². The second-order valence-corrected chi connectivity index (χ2v) is 4.31. The van der Waals surface area contributed by atoms with E-state index in [1.54, 1.807) is 12.1 Å². The summed E-state index contributed by atoms with van der Waals surface area (Å²) in [6.45, 7) is 3.39. The lowest BCUT2D eigenvalue weighted by Crippen LogP contribution is -2.58. The molecule has 1 aliphatic heterocycles. The van der Waals surface area contributed by atoms with Crippen LogP contribution in [-0.2, 0) is 4.79 Å². The molecule has 6 nitrogen and oxygen atoms in total. The number of nitrogens with two attached hydrogens (primary N) is 1. The Labute approximate surface area is 105 Å². The number of amides is 2. The van der Waals surface area contributed by atoms with Gasteiger partial charge < -0.3 is 16.0 Å². The number of rotatable bonds is 2. The average Bonchev–Trinajstić information content (AvgIpc) is 2.39. The van der Waals surface area contributed by atoms with Gasteiger partial charge in [0.2, 0.25) is 5.91 Å². The van der Waals surface area contributed by atoms with E-state index in [0.29, 0.717) is 25.2 Å². The van der Waals surface area contributed by atoms with Crippen LogP contribution in [0.3, 0.4) is 0 Å². The first-order valence-corrected chi connectivity index (χ1v) is 5.83. The predicted octanol–water partition coefficient (Wildman–Crippen LogP) is -0.711. The molecule has 1 aromatic rings. The van der Waals surface area contributed by atoms with E-state index in [2.05, 4.69) is 10.3 Å². The number of nitrogens with one attached hydrogen (secondary N) is 1. The summed E-state index contributed by atoms with van der Waals surface area (Å²) >= 11 is 0. The lowest BCUT2D eigenvalue weighted by atomic mass is 10.1. The number of carbonyl (C=O) groups is 2. The van der Waals surface area contributed by atoms with Crippen LogP contribution in [0.4, 0.5) is 0 Å². The molecule has 96 valence electrons. The minimum atomic E-state index is -0.590. The second kappa shape index (κ2) is 5.14. The summed E-state index contributed by atoms with van der Waals surface area (Å²) in [5, 5.41) is 3.05. The van der Waals surface area contributed by atoms with Crippen LogP contribution in [0.2, 0.25) is 0 Å². The molecular weight excluding hydrogens is 232 g/mol. The average molecular weight is 248 g/mol. The minimum Gasteiger partial charge on any atom is -0.368 e. The van der Waals surface area contributed by atoms with Gasteiger partial charge in [-0.1, -0.05) is 0 Å². The molecule has 0 unspecified atom stereocenters. The van der Waals surface area contributed by atoms with Crippen LogP contribution in [0.15, 0.2) is 18.3 Å². The number of hydrogen-bond acceptors (Lipinski definition) is 4. The summed E-state index contributed by atoms with van der Waals surface area (Å²) in [6.07, 6.45) is 1.53. The van der Waals surface area contributed by atoms with Crippen LogP contribution in [0, 0.1) is 6.92 Å². The maximum absolute atomic E-state index is 12.3. The Balaban J connectivity index is 2.20. The highest BCUT2D eigenvalue weighted by atomic mass is 16.2. The zero-order chi connectivity index (χ0) is 13.1. The van der Waals surface area contributed by atoms with E-state index in [1.165, 1.54) is 11.1 Å². The van der Waals surface area contributed by atoms with Crippen molar-refractivity contribution in [3.8, 4) is 0 Å². The van der Waals surface area contributed by atoms with Crippen LogP contribution in [0.1, 0.15) is 16.1 Å². The summed E-state index contributed by atoms with van der Waals surface area (Å²) in [5.41, 5.74) is 6.64. The Morgan fingerprint density at radius 3 is 2.89 bits per heavy atom. The standard InChI is InChI=1S/C12H16N4O2/c1-8-2-3-9(6-15-8)12(18)16-5-4-14-7-10(16)11(13)17/h2-3,6,10,14H,4-5,7H2,1H3,(H2,13,17)/t10-/m0/s1. The number of nitrogens with zero attached hydrogens (tertiary/aromatic N) is 2. The summed E-state index contributed by atoms with van der Waals surface area (Å²) in [7, 11) is 0. The molecule has 1 aliphatic rings. The third-order valence-corrected chi connectivity index (χ3v) is 2.99. The van der Waals surface area contributed by atoms with Crippen molar-refractivity contribution < 1.29 is 9.59 Å². The van der Waals surface area contributed by atoms with Gasteiger partial charge >= 0.3 is 0 Å². The number of piperazine rings is 1. The van der Waals surface area contributed by atoms with Crippen molar-refractivity contribution in [2.24, 2.45) is 5.73 Å². The van der Waals surface area contributed by atoms with Gasteiger partial charge in [0.25, 0.3) is 5.91 Å². The van der Waals surface area contributed by atoms with Gasteiger partial charge in [0.15, 0.2) is 0 Å². The number of hydrogen-bond donors (Lipinski definition) is 2. The third kappa shape index (κ3) is 2.48. The Morgan fingerprint density at radius 1 is 1.50 bits per heavy atom. The zero-order valence-corrected chi connectivity index (χ0v) is 10.2. The molecule has 0 spiro atoms. The summed E-state index contributed by atoms with van der Waals surface area (Å²) in [5.74, 6) is -0.691. The monoisotopic (exact) mass is 248 g/mol. The Hall–Kier alpha value is -1.95. The Kier molecular flexibility index (Phi) is 3.57. The molecule has 2 rings (SSSR count). The third-order valence-electron chi connectivity index (χ3n) is 2.99. The molecule has 0 saturated carbocycles. The van der Waals surface area contributed by atoms with Crippen LogP contribution >= 0.6 is 0 Å². The number of aryl methyl sites for hydroxylation is 1. The largest absolute Gasteiger partial charge is 0.368 e. The van der Waals surface area contributed by atoms with Gasteiger partial charge in [0.05, 0.1) is 5.56 Å². The molecule has 0 aromatic carbocycles. The quantitative estimate of drug-likeness (QED) is 0.723. The van der Waals surface area contributed by atoms with Gasteiger partial charge in [0, 0.05) is 31.5 Å². The number of pyridine rings is 1. The van der Waals surface area contributed by atoms with Gasteiger partial charge in [-0.05, 0) is 19.1 Å². The van der Waals surface area contributed by atoms with Crippen LogP contribution in [0.5, 0.6) is 0 Å². The van der Waals surface area contributed by atoms with Gasteiger partial charge in [-0.3, -0.25) is 14.6 Å². The Bertz CT molecular complexity index is 458. The molecular formula is C12H16N4O2. The van der Waals surface area contributed by atoms with Gasteiger partial charge in [-0.2, -0.15) is 0 Å². The van der Waals surface area contributed by atoms with E-state index in [1.807, 2.05) is 6.92 Å². The number of aromatic nitrogens is 1. The van der Waals surface area contributed by atoms with Crippen LogP contribution in [0.25, 0.3) is 0 Å². The molecule has 0 radical (unpaired) electrons. The summed E-state index contributed by atoms with van der Waals surface area (Å²) < 4.78 is 0. The van der Waals surface area contributed by atoms with Crippen molar-refractivity contribution in [2.75, 3.05) is 19.6 Å². The molecule has 18 heavy (non-hydrogen) atoms. The fourth-order valence-corrected chi connectivity index (χ4v) is 1.96. The van der Waals surface area contributed by atoms with Crippen molar-refractivity contribution in [3.05, 3.63) is 29.6 Å². The van der Waals surface area contributed by atoms with E-state index in [9.17, 15) is 9.59 Å². The molecule has 6 heteroatoms. The zero-order valence-electron chi connectivity index (χ0n) is 10.2. The normalized spacial score (nSPS) is 19.6. The first-order valence-electron chi connectivity index (χ1n) is 5.83.